The van der Waals surface area contributed by atoms with Crippen LogP contribution in [0.15, 0.2) is 23.1 Å². The van der Waals surface area contributed by atoms with E-state index in [0.29, 0.717) is 18.0 Å². The summed E-state index contributed by atoms with van der Waals surface area (Å²) in [4.78, 5) is 35.5. The standard InChI is InChI=1S/C12H13N3O5S/c1-7(20-12(13)17)11(16)14-4-5-21-10-3-2-8(15(18)19)6-9(10)14/h2-3,6-7H,4-5H2,1H3,(H2,13,17). The molecule has 1 atom stereocenters. The predicted octanol–water partition coefficient (Wildman–Crippen LogP) is 1.52. The quantitative estimate of drug-likeness (QED) is 0.668. The molecule has 1 unspecified atom stereocenters. The van der Waals surface area contributed by atoms with E-state index in [-0.39, 0.29) is 5.69 Å². The number of benzene rings is 1. The Morgan fingerprint density at radius 2 is 2.24 bits per heavy atom. The fraction of sp³-hybridized carbons (Fsp3) is 0.333. The predicted molar refractivity (Wildman–Crippen MR) is 76.3 cm³/mol. The van der Waals surface area contributed by atoms with Crippen molar-refractivity contribution in [2.24, 2.45) is 5.73 Å². The summed E-state index contributed by atoms with van der Waals surface area (Å²) in [7, 11) is 0. The Kier molecular flexibility index (Phi) is 4.32. The molecule has 0 bridgehead atoms. The maximum Gasteiger partial charge on any atom is 0.405 e. The first kappa shape index (κ1) is 15.1. The van der Waals surface area contributed by atoms with Gasteiger partial charge in [-0.25, -0.2) is 4.79 Å². The van der Waals surface area contributed by atoms with Gasteiger partial charge in [0.05, 0.1) is 10.6 Å². The minimum Gasteiger partial charge on any atom is -0.437 e. The van der Waals surface area contributed by atoms with Crippen molar-refractivity contribution in [1.29, 1.82) is 0 Å². The summed E-state index contributed by atoms with van der Waals surface area (Å²) in [6.07, 6.45) is -2.08. The van der Waals surface area contributed by atoms with Crippen LogP contribution in [0.4, 0.5) is 16.2 Å². The largest absolute Gasteiger partial charge is 0.437 e. The van der Waals surface area contributed by atoms with Gasteiger partial charge >= 0.3 is 6.09 Å². The van der Waals surface area contributed by atoms with Crippen LogP contribution >= 0.6 is 11.8 Å². The van der Waals surface area contributed by atoms with Crippen molar-refractivity contribution < 1.29 is 19.2 Å². The number of thioether (sulfide) groups is 1. The Balaban J connectivity index is 2.32. The van der Waals surface area contributed by atoms with Crippen molar-refractivity contribution in [3.8, 4) is 0 Å². The molecule has 0 fully saturated rings. The fourth-order valence-corrected chi connectivity index (χ4v) is 2.97. The molecule has 2 rings (SSSR count). The van der Waals surface area contributed by atoms with Crippen molar-refractivity contribution in [2.45, 2.75) is 17.9 Å². The van der Waals surface area contributed by atoms with Crippen molar-refractivity contribution in [3.63, 3.8) is 0 Å². The normalized spacial score (nSPS) is 15.0. The number of rotatable bonds is 3. The molecule has 2 amide bonds. The van der Waals surface area contributed by atoms with Gasteiger partial charge in [-0.2, -0.15) is 0 Å². The van der Waals surface area contributed by atoms with Crippen LogP contribution in [-0.2, 0) is 9.53 Å². The zero-order valence-electron chi connectivity index (χ0n) is 11.1. The van der Waals surface area contributed by atoms with Crippen LogP contribution in [0.1, 0.15) is 6.92 Å². The van der Waals surface area contributed by atoms with E-state index in [4.69, 9.17) is 5.73 Å². The number of hydrogen-bond donors (Lipinski definition) is 1. The van der Waals surface area contributed by atoms with E-state index in [1.165, 1.54) is 35.7 Å². The highest BCUT2D eigenvalue weighted by molar-refractivity contribution is 7.99. The molecule has 8 nitrogen and oxygen atoms in total. The molecule has 0 aromatic heterocycles. The number of nitrogens with two attached hydrogens (primary N) is 1. The van der Waals surface area contributed by atoms with Gasteiger partial charge in [-0.1, -0.05) is 0 Å². The van der Waals surface area contributed by atoms with Crippen molar-refractivity contribution >= 4 is 35.1 Å². The lowest BCUT2D eigenvalue weighted by Gasteiger charge is -2.30. The Morgan fingerprint density at radius 3 is 2.86 bits per heavy atom. The molecule has 9 heteroatoms. The number of fused-ring (bicyclic) bond motifs is 1. The first-order valence-electron chi connectivity index (χ1n) is 6.09. The summed E-state index contributed by atoms with van der Waals surface area (Å²) in [5.74, 6) is 0.190. The van der Waals surface area contributed by atoms with Crippen LogP contribution in [0.3, 0.4) is 0 Å². The monoisotopic (exact) mass is 311 g/mol. The van der Waals surface area contributed by atoms with Crippen LogP contribution < -0.4 is 10.6 Å². The van der Waals surface area contributed by atoms with Crippen molar-refractivity contribution in [1.82, 2.24) is 0 Å². The summed E-state index contributed by atoms with van der Waals surface area (Å²) in [5.41, 5.74) is 5.24. The number of primary amides is 1. The first-order valence-corrected chi connectivity index (χ1v) is 7.07. The Labute approximate surface area is 124 Å². The van der Waals surface area contributed by atoms with E-state index in [1.807, 2.05) is 0 Å². The number of nitro benzene ring substituents is 1. The van der Waals surface area contributed by atoms with Gasteiger partial charge in [0, 0.05) is 29.3 Å². The van der Waals surface area contributed by atoms with E-state index in [0.717, 1.165) is 4.90 Å². The molecule has 0 aliphatic carbocycles. The average molecular weight is 311 g/mol. The van der Waals surface area contributed by atoms with Gasteiger partial charge in [0.1, 0.15) is 0 Å². The molecular weight excluding hydrogens is 298 g/mol. The van der Waals surface area contributed by atoms with E-state index < -0.39 is 23.0 Å². The number of carbonyl (C=O) groups is 2. The molecule has 0 saturated carbocycles. The minimum absolute atomic E-state index is 0.0995. The van der Waals surface area contributed by atoms with Crippen LogP contribution in [0, 0.1) is 10.1 Å². The smallest absolute Gasteiger partial charge is 0.405 e. The van der Waals surface area contributed by atoms with Gasteiger partial charge in [-0.05, 0) is 13.0 Å². The van der Waals surface area contributed by atoms with Gasteiger partial charge in [-0.3, -0.25) is 14.9 Å². The van der Waals surface area contributed by atoms with E-state index in [9.17, 15) is 19.7 Å². The van der Waals surface area contributed by atoms with Gasteiger partial charge in [-0.15, -0.1) is 11.8 Å². The second-order valence-electron chi connectivity index (χ2n) is 4.33. The number of nitrogens with zero attached hydrogens (tertiary/aromatic N) is 2. The third-order valence-electron chi connectivity index (χ3n) is 2.92. The zero-order chi connectivity index (χ0) is 15.6. The summed E-state index contributed by atoms with van der Waals surface area (Å²) in [6.45, 7) is 1.79. The number of hydrogen-bond acceptors (Lipinski definition) is 6. The molecule has 1 aliphatic rings. The van der Waals surface area contributed by atoms with Crippen molar-refractivity contribution in [3.05, 3.63) is 28.3 Å². The second kappa shape index (κ2) is 6.00. The third-order valence-corrected chi connectivity index (χ3v) is 3.97. The molecule has 0 radical (unpaired) electrons. The molecule has 112 valence electrons. The van der Waals surface area contributed by atoms with Gasteiger partial charge < -0.3 is 15.4 Å². The Morgan fingerprint density at radius 1 is 1.52 bits per heavy atom. The lowest BCUT2D eigenvalue weighted by Crippen LogP contribution is -2.43. The zero-order valence-corrected chi connectivity index (χ0v) is 12.0. The van der Waals surface area contributed by atoms with Crippen LogP contribution in [-0.4, -0.2) is 35.3 Å². The minimum atomic E-state index is -1.04. The second-order valence-corrected chi connectivity index (χ2v) is 5.46. The topological polar surface area (TPSA) is 116 Å². The Hall–Kier alpha value is -2.29. The number of anilines is 1. The van der Waals surface area contributed by atoms with E-state index in [1.54, 1.807) is 6.07 Å². The molecule has 1 aromatic rings. The maximum absolute atomic E-state index is 12.3. The van der Waals surface area contributed by atoms with E-state index >= 15 is 0 Å². The van der Waals surface area contributed by atoms with Crippen LogP contribution in [0.2, 0.25) is 0 Å². The van der Waals surface area contributed by atoms with Gasteiger partial charge in [0.2, 0.25) is 0 Å². The molecule has 2 N–H and O–H groups in total. The first-order chi connectivity index (χ1) is 9.90. The number of nitro groups is 1. The lowest BCUT2D eigenvalue weighted by molar-refractivity contribution is -0.384. The number of non-ortho nitro benzene ring substituents is 1. The Bertz CT molecular complexity index is 607. The van der Waals surface area contributed by atoms with Crippen LogP contribution in [0.5, 0.6) is 0 Å². The summed E-state index contributed by atoms with van der Waals surface area (Å²) < 4.78 is 4.66. The molecule has 1 aromatic carbocycles. The molecule has 0 spiro atoms. The third kappa shape index (κ3) is 3.24. The number of carbonyl (C=O) groups excluding carboxylic acids is 2. The van der Waals surface area contributed by atoms with Crippen LogP contribution in [0.25, 0.3) is 0 Å². The highest BCUT2D eigenvalue weighted by Gasteiger charge is 2.29. The SMILES string of the molecule is CC(OC(N)=O)C(=O)N1CCSc2ccc([N+](=O)[O-])cc21. The number of amides is 2. The van der Waals surface area contributed by atoms with Gasteiger partial charge in [0.25, 0.3) is 11.6 Å². The molecule has 1 aliphatic heterocycles. The highest BCUT2D eigenvalue weighted by atomic mass is 32.2. The number of ether oxygens (including phenoxy) is 1. The molecule has 0 saturated heterocycles. The lowest BCUT2D eigenvalue weighted by atomic mass is 10.2. The maximum atomic E-state index is 12.3. The summed E-state index contributed by atoms with van der Waals surface area (Å²) in [5, 5.41) is 10.9. The van der Waals surface area contributed by atoms with E-state index in [2.05, 4.69) is 4.74 Å². The molecular formula is C12H13N3O5S. The summed E-state index contributed by atoms with van der Waals surface area (Å²) in [6, 6.07) is 4.34. The summed E-state index contributed by atoms with van der Waals surface area (Å²) >= 11 is 1.51. The highest BCUT2D eigenvalue weighted by Crippen LogP contribution is 2.37. The average Bonchev–Trinajstić information content (AvgIpc) is 2.44. The van der Waals surface area contributed by atoms with Gasteiger partial charge in [0.15, 0.2) is 6.10 Å². The molecule has 21 heavy (non-hydrogen) atoms. The fourth-order valence-electron chi connectivity index (χ4n) is 1.99. The molecule has 1 heterocycles. The van der Waals surface area contributed by atoms with Crippen molar-refractivity contribution in [2.75, 3.05) is 17.2 Å².